The quantitative estimate of drug-likeness (QED) is 0.824. The zero-order valence-electron chi connectivity index (χ0n) is 12.5. The van der Waals surface area contributed by atoms with E-state index in [4.69, 9.17) is 0 Å². The van der Waals surface area contributed by atoms with Crippen molar-refractivity contribution < 1.29 is 4.79 Å². The summed E-state index contributed by atoms with van der Waals surface area (Å²) in [6, 6.07) is 11.4. The van der Waals surface area contributed by atoms with Crippen LogP contribution in [0, 0.1) is 0 Å². The summed E-state index contributed by atoms with van der Waals surface area (Å²) in [5.41, 5.74) is 1.72. The molecule has 20 heavy (non-hydrogen) atoms. The molecule has 3 heteroatoms. The van der Waals surface area contributed by atoms with E-state index in [0.29, 0.717) is 6.04 Å². The van der Waals surface area contributed by atoms with Crippen molar-refractivity contribution in [3.63, 3.8) is 0 Å². The lowest BCUT2D eigenvalue weighted by molar-refractivity contribution is -0.131. The Morgan fingerprint density at radius 2 is 1.95 bits per heavy atom. The highest BCUT2D eigenvalue weighted by Crippen LogP contribution is 2.45. The first-order valence-electron chi connectivity index (χ1n) is 7.72. The van der Waals surface area contributed by atoms with Crippen molar-refractivity contribution in [3.8, 4) is 0 Å². The molecule has 2 heterocycles. The summed E-state index contributed by atoms with van der Waals surface area (Å²) in [5.74, 6) is 0.217. The molecule has 0 aliphatic carbocycles. The number of fused-ring (bicyclic) bond motifs is 1. The number of benzene rings is 1. The van der Waals surface area contributed by atoms with Gasteiger partial charge in [0.15, 0.2) is 0 Å². The molecule has 1 aromatic rings. The highest BCUT2D eigenvalue weighted by Gasteiger charge is 2.50. The first kappa shape index (κ1) is 13.6. The molecule has 1 aromatic carbocycles. The Labute approximate surface area is 121 Å². The maximum atomic E-state index is 11.7. The van der Waals surface area contributed by atoms with Crippen LogP contribution in [-0.4, -0.2) is 47.9 Å². The molecule has 2 atom stereocenters. The lowest BCUT2D eigenvalue weighted by atomic mass is 9.69. The Hall–Kier alpha value is -1.35. The molecule has 2 fully saturated rings. The molecular weight excluding hydrogens is 248 g/mol. The fourth-order valence-electron chi connectivity index (χ4n) is 4.15. The molecule has 108 valence electrons. The molecule has 2 unspecified atom stereocenters. The number of amides is 1. The lowest BCUT2D eigenvalue weighted by Gasteiger charge is -2.46. The van der Waals surface area contributed by atoms with Gasteiger partial charge in [0.2, 0.25) is 5.91 Å². The monoisotopic (exact) mass is 272 g/mol. The van der Waals surface area contributed by atoms with Crippen molar-refractivity contribution >= 4 is 5.91 Å². The third kappa shape index (κ3) is 2.05. The van der Waals surface area contributed by atoms with Crippen LogP contribution in [-0.2, 0) is 10.2 Å². The Morgan fingerprint density at radius 3 is 2.60 bits per heavy atom. The minimum atomic E-state index is 0.217. The van der Waals surface area contributed by atoms with Gasteiger partial charge in [-0.3, -0.25) is 9.69 Å². The molecule has 0 N–H and O–H groups in total. The Morgan fingerprint density at radius 1 is 1.25 bits per heavy atom. The minimum Gasteiger partial charge on any atom is -0.341 e. The van der Waals surface area contributed by atoms with Crippen LogP contribution in [0.4, 0.5) is 0 Å². The van der Waals surface area contributed by atoms with Gasteiger partial charge in [0.05, 0.1) is 0 Å². The maximum Gasteiger partial charge on any atom is 0.219 e. The number of carbonyl (C=O) groups excluding carboxylic acids is 1. The number of hydrogen-bond donors (Lipinski definition) is 0. The van der Waals surface area contributed by atoms with Gasteiger partial charge in [-0.25, -0.2) is 0 Å². The lowest BCUT2D eigenvalue weighted by Crippen LogP contribution is -2.56. The number of nitrogens with zero attached hydrogens (tertiary/aromatic N) is 2. The smallest absolute Gasteiger partial charge is 0.219 e. The zero-order valence-corrected chi connectivity index (χ0v) is 12.5. The Balaban J connectivity index is 1.95. The molecule has 0 bridgehead atoms. The highest BCUT2D eigenvalue weighted by atomic mass is 16.2. The molecule has 3 rings (SSSR count). The van der Waals surface area contributed by atoms with Crippen molar-refractivity contribution in [1.29, 1.82) is 0 Å². The van der Waals surface area contributed by atoms with E-state index < -0.39 is 0 Å². The molecule has 2 aliphatic rings. The third-order valence-electron chi connectivity index (χ3n) is 5.35. The number of carbonyl (C=O) groups is 1. The van der Waals surface area contributed by atoms with Gasteiger partial charge in [0.1, 0.15) is 0 Å². The average Bonchev–Trinajstić information content (AvgIpc) is 2.87. The maximum absolute atomic E-state index is 11.7. The van der Waals surface area contributed by atoms with Crippen LogP contribution in [0.1, 0.15) is 32.3 Å². The van der Waals surface area contributed by atoms with Crippen LogP contribution < -0.4 is 0 Å². The molecule has 2 aliphatic heterocycles. The van der Waals surface area contributed by atoms with Gasteiger partial charge in [-0.05, 0) is 31.5 Å². The van der Waals surface area contributed by atoms with Gasteiger partial charge in [-0.2, -0.15) is 0 Å². The fourth-order valence-corrected chi connectivity index (χ4v) is 4.15. The summed E-state index contributed by atoms with van der Waals surface area (Å²) in [7, 11) is 0. The molecule has 1 amide bonds. The van der Waals surface area contributed by atoms with Crippen LogP contribution in [0.5, 0.6) is 0 Å². The number of likely N-dealkylation sites (N-methyl/N-ethyl adjacent to an activating group) is 1. The van der Waals surface area contributed by atoms with Crippen molar-refractivity contribution in [2.24, 2.45) is 0 Å². The Kier molecular flexibility index (Phi) is 3.55. The van der Waals surface area contributed by atoms with Crippen LogP contribution in [0.3, 0.4) is 0 Å². The van der Waals surface area contributed by atoms with E-state index in [9.17, 15) is 4.79 Å². The second-order valence-electron chi connectivity index (χ2n) is 6.13. The first-order chi connectivity index (χ1) is 9.67. The minimum absolute atomic E-state index is 0.217. The summed E-state index contributed by atoms with van der Waals surface area (Å²) in [6.07, 6.45) is 2.32. The van der Waals surface area contributed by atoms with Gasteiger partial charge >= 0.3 is 0 Å². The zero-order chi connectivity index (χ0) is 14.2. The molecule has 0 aromatic heterocycles. The Bertz CT molecular complexity index is 487. The highest BCUT2D eigenvalue weighted by molar-refractivity contribution is 5.73. The summed E-state index contributed by atoms with van der Waals surface area (Å²) < 4.78 is 0. The van der Waals surface area contributed by atoms with E-state index >= 15 is 0 Å². The van der Waals surface area contributed by atoms with Gasteiger partial charge in [-0.1, -0.05) is 37.3 Å². The van der Waals surface area contributed by atoms with Crippen molar-refractivity contribution in [2.75, 3.05) is 26.2 Å². The molecule has 0 spiro atoms. The standard InChI is InChI=1S/C17H24N2O/c1-3-18-11-9-17(15-7-5-4-6-8-15)10-12-19(14(2)20)13-16(17)18/h4-8,16H,3,9-13H2,1-2H3. The van der Waals surface area contributed by atoms with Crippen molar-refractivity contribution in [1.82, 2.24) is 9.80 Å². The van der Waals surface area contributed by atoms with E-state index in [-0.39, 0.29) is 11.3 Å². The van der Waals surface area contributed by atoms with Crippen molar-refractivity contribution in [3.05, 3.63) is 35.9 Å². The first-order valence-corrected chi connectivity index (χ1v) is 7.72. The fraction of sp³-hybridized carbons (Fsp3) is 0.588. The van der Waals surface area contributed by atoms with Crippen LogP contribution >= 0.6 is 0 Å². The number of hydrogen-bond acceptors (Lipinski definition) is 2. The van der Waals surface area contributed by atoms with Crippen molar-refractivity contribution in [2.45, 2.75) is 38.1 Å². The third-order valence-corrected chi connectivity index (χ3v) is 5.35. The summed E-state index contributed by atoms with van der Waals surface area (Å²) >= 11 is 0. The molecule has 0 radical (unpaired) electrons. The number of rotatable bonds is 2. The van der Waals surface area contributed by atoms with Crippen LogP contribution in [0.15, 0.2) is 30.3 Å². The normalized spacial score (nSPS) is 30.3. The molecule has 0 saturated carbocycles. The topological polar surface area (TPSA) is 23.6 Å². The molecule has 3 nitrogen and oxygen atoms in total. The van der Waals surface area contributed by atoms with E-state index in [1.807, 2.05) is 4.90 Å². The molecule has 2 saturated heterocycles. The summed E-state index contributed by atoms with van der Waals surface area (Å²) in [5, 5.41) is 0. The van der Waals surface area contributed by atoms with E-state index in [0.717, 1.165) is 32.6 Å². The van der Waals surface area contributed by atoms with E-state index in [1.165, 1.54) is 12.0 Å². The largest absolute Gasteiger partial charge is 0.341 e. The van der Waals surface area contributed by atoms with Gasteiger partial charge in [0.25, 0.3) is 0 Å². The van der Waals surface area contributed by atoms with Gasteiger partial charge < -0.3 is 4.90 Å². The van der Waals surface area contributed by atoms with Gasteiger partial charge in [-0.15, -0.1) is 0 Å². The second kappa shape index (κ2) is 5.21. The van der Waals surface area contributed by atoms with E-state index in [1.54, 1.807) is 6.92 Å². The predicted octanol–water partition coefficient (Wildman–Crippen LogP) is 2.27. The van der Waals surface area contributed by atoms with Gasteiger partial charge in [0, 0.05) is 31.5 Å². The second-order valence-corrected chi connectivity index (χ2v) is 6.13. The van der Waals surface area contributed by atoms with E-state index in [2.05, 4.69) is 42.2 Å². The summed E-state index contributed by atoms with van der Waals surface area (Å²) in [4.78, 5) is 16.3. The summed E-state index contributed by atoms with van der Waals surface area (Å²) in [6.45, 7) is 7.94. The predicted molar refractivity (Wildman–Crippen MR) is 80.6 cm³/mol. The average molecular weight is 272 g/mol. The van der Waals surface area contributed by atoms with Crippen LogP contribution in [0.25, 0.3) is 0 Å². The number of piperidine rings is 1. The molecular formula is C17H24N2O. The SMILES string of the molecule is CCN1CCC2(c3ccccc3)CCN(C(C)=O)CC12. The van der Waals surface area contributed by atoms with Crippen LogP contribution in [0.2, 0.25) is 0 Å². The number of likely N-dealkylation sites (tertiary alicyclic amines) is 2.